The predicted octanol–water partition coefficient (Wildman–Crippen LogP) is 2.22. The summed E-state index contributed by atoms with van der Waals surface area (Å²) in [7, 11) is 3.06. The van der Waals surface area contributed by atoms with E-state index in [9.17, 15) is 14.4 Å². The van der Waals surface area contributed by atoms with Crippen molar-refractivity contribution in [1.29, 1.82) is 0 Å². The van der Waals surface area contributed by atoms with Gasteiger partial charge in [-0.25, -0.2) is 0 Å². The molecule has 8 heteroatoms. The first kappa shape index (κ1) is 21.5. The Morgan fingerprint density at radius 3 is 2.43 bits per heavy atom. The molecule has 0 bridgehead atoms. The molecule has 154 valence electrons. The van der Waals surface area contributed by atoms with Gasteiger partial charge in [0.25, 0.3) is 0 Å². The predicted molar refractivity (Wildman–Crippen MR) is 103 cm³/mol. The molecule has 1 heterocycles. The number of carbonyl (C=O) groups is 3. The molecule has 1 aliphatic rings. The van der Waals surface area contributed by atoms with Crippen LogP contribution in [0, 0.1) is 5.92 Å². The average Bonchev–Trinajstić information content (AvgIpc) is 2.72. The van der Waals surface area contributed by atoms with Crippen molar-refractivity contribution in [3.63, 3.8) is 0 Å². The number of ether oxygens (including phenoxy) is 3. The van der Waals surface area contributed by atoms with Crippen LogP contribution < -0.4 is 14.8 Å². The van der Waals surface area contributed by atoms with Crippen LogP contribution >= 0.6 is 0 Å². The quantitative estimate of drug-likeness (QED) is 0.682. The van der Waals surface area contributed by atoms with Gasteiger partial charge in [-0.15, -0.1) is 0 Å². The molecule has 8 nitrogen and oxygen atoms in total. The first-order chi connectivity index (χ1) is 13.5. The van der Waals surface area contributed by atoms with Gasteiger partial charge in [0.05, 0.1) is 32.4 Å². The van der Waals surface area contributed by atoms with E-state index in [1.54, 1.807) is 37.1 Å². The van der Waals surface area contributed by atoms with Gasteiger partial charge in [-0.3, -0.25) is 14.4 Å². The number of benzene rings is 1. The first-order valence-corrected chi connectivity index (χ1v) is 9.44. The minimum atomic E-state index is -0.266. The number of hydrogen-bond donors (Lipinski definition) is 1. The Morgan fingerprint density at radius 1 is 1.11 bits per heavy atom. The van der Waals surface area contributed by atoms with Crippen LogP contribution in [0.1, 0.15) is 32.6 Å². The summed E-state index contributed by atoms with van der Waals surface area (Å²) < 4.78 is 15.4. The fraction of sp³-hybridized carbons (Fsp3) is 0.550. The van der Waals surface area contributed by atoms with Crippen LogP contribution in [0.2, 0.25) is 0 Å². The van der Waals surface area contributed by atoms with Gasteiger partial charge in [-0.1, -0.05) is 0 Å². The van der Waals surface area contributed by atoms with E-state index in [0.29, 0.717) is 49.7 Å². The molecule has 1 N–H and O–H groups in total. The SMILES string of the molecule is CCOC(=O)C1CCN(C(=O)CCC(=O)Nc2ccc(OC)cc2OC)CC1. The van der Waals surface area contributed by atoms with Crippen LogP contribution in [-0.4, -0.2) is 56.6 Å². The van der Waals surface area contributed by atoms with E-state index in [4.69, 9.17) is 14.2 Å². The van der Waals surface area contributed by atoms with Crippen LogP contribution in [0.15, 0.2) is 18.2 Å². The fourth-order valence-corrected chi connectivity index (χ4v) is 3.12. The van der Waals surface area contributed by atoms with E-state index in [-0.39, 0.29) is 36.5 Å². The molecule has 0 radical (unpaired) electrons. The third-order valence-electron chi connectivity index (χ3n) is 4.72. The van der Waals surface area contributed by atoms with Gasteiger partial charge in [0.1, 0.15) is 11.5 Å². The minimum Gasteiger partial charge on any atom is -0.497 e. The van der Waals surface area contributed by atoms with Gasteiger partial charge in [0.15, 0.2) is 0 Å². The van der Waals surface area contributed by atoms with E-state index < -0.39 is 0 Å². The molecule has 0 spiro atoms. The summed E-state index contributed by atoms with van der Waals surface area (Å²) in [6, 6.07) is 5.09. The highest BCUT2D eigenvalue weighted by molar-refractivity contribution is 5.94. The Kier molecular flexibility index (Phi) is 8.10. The van der Waals surface area contributed by atoms with Crippen LogP contribution in [0.5, 0.6) is 11.5 Å². The molecule has 1 aromatic rings. The summed E-state index contributed by atoms with van der Waals surface area (Å²) in [6.07, 6.45) is 1.39. The number of carbonyl (C=O) groups excluding carboxylic acids is 3. The summed E-state index contributed by atoms with van der Waals surface area (Å²) >= 11 is 0. The molecule has 1 aromatic carbocycles. The number of piperidine rings is 1. The smallest absolute Gasteiger partial charge is 0.309 e. The molecule has 0 atom stereocenters. The molecule has 0 unspecified atom stereocenters. The third-order valence-corrected chi connectivity index (χ3v) is 4.72. The second-order valence-corrected chi connectivity index (χ2v) is 6.52. The monoisotopic (exact) mass is 392 g/mol. The van der Waals surface area contributed by atoms with E-state index in [1.165, 1.54) is 7.11 Å². The zero-order valence-corrected chi connectivity index (χ0v) is 16.7. The standard InChI is InChI=1S/C20H28N2O6/c1-4-28-20(25)14-9-11-22(12-10-14)19(24)8-7-18(23)21-16-6-5-15(26-2)13-17(16)27-3/h5-6,13-14H,4,7-12H2,1-3H3,(H,21,23). The van der Waals surface area contributed by atoms with E-state index in [2.05, 4.69) is 5.32 Å². The van der Waals surface area contributed by atoms with Gasteiger partial charge >= 0.3 is 5.97 Å². The maximum Gasteiger partial charge on any atom is 0.309 e. The first-order valence-electron chi connectivity index (χ1n) is 9.44. The normalized spacial score (nSPS) is 14.3. The number of hydrogen-bond acceptors (Lipinski definition) is 6. The third kappa shape index (κ3) is 5.87. The highest BCUT2D eigenvalue weighted by Crippen LogP contribution is 2.29. The summed E-state index contributed by atoms with van der Waals surface area (Å²) in [6.45, 7) is 3.17. The van der Waals surface area contributed by atoms with Gasteiger partial charge in [0.2, 0.25) is 11.8 Å². The van der Waals surface area contributed by atoms with Crippen molar-refractivity contribution in [3.05, 3.63) is 18.2 Å². The number of likely N-dealkylation sites (tertiary alicyclic amines) is 1. The van der Waals surface area contributed by atoms with Gasteiger partial charge in [-0.2, -0.15) is 0 Å². The molecule has 2 amide bonds. The summed E-state index contributed by atoms with van der Waals surface area (Å²) in [5, 5.41) is 2.76. The van der Waals surface area contributed by atoms with E-state index in [0.717, 1.165) is 0 Å². The lowest BCUT2D eigenvalue weighted by Gasteiger charge is -2.30. The lowest BCUT2D eigenvalue weighted by molar-refractivity contribution is -0.151. The fourth-order valence-electron chi connectivity index (χ4n) is 3.12. The highest BCUT2D eigenvalue weighted by atomic mass is 16.5. The maximum atomic E-state index is 12.4. The Bertz CT molecular complexity index is 698. The lowest BCUT2D eigenvalue weighted by Crippen LogP contribution is -2.40. The molecule has 0 saturated carbocycles. The number of anilines is 1. The number of nitrogens with zero attached hydrogens (tertiary/aromatic N) is 1. The van der Waals surface area contributed by atoms with Crippen molar-refractivity contribution in [3.8, 4) is 11.5 Å². The second kappa shape index (κ2) is 10.5. The van der Waals surface area contributed by atoms with Crippen LogP contribution in [0.25, 0.3) is 0 Å². The largest absolute Gasteiger partial charge is 0.497 e. The van der Waals surface area contributed by atoms with Gasteiger partial charge < -0.3 is 24.4 Å². The van der Waals surface area contributed by atoms with Crippen molar-refractivity contribution in [1.82, 2.24) is 4.90 Å². The highest BCUT2D eigenvalue weighted by Gasteiger charge is 2.28. The van der Waals surface area contributed by atoms with Gasteiger partial charge in [0, 0.05) is 32.0 Å². The number of rotatable bonds is 8. The number of nitrogens with one attached hydrogen (secondary N) is 1. The summed E-state index contributed by atoms with van der Waals surface area (Å²) in [5.41, 5.74) is 0.524. The van der Waals surface area contributed by atoms with Crippen LogP contribution in [0.4, 0.5) is 5.69 Å². The Morgan fingerprint density at radius 2 is 1.82 bits per heavy atom. The zero-order chi connectivity index (χ0) is 20.5. The van der Waals surface area contributed by atoms with Crippen molar-refractivity contribution >= 4 is 23.5 Å². The number of esters is 1. The summed E-state index contributed by atoms with van der Waals surface area (Å²) in [5.74, 6) is 0.422. The average molecular weight is 392 g/mol. The van der Waals surface area contributed by atoms with Crippen LogP contribution in [-0.2, 0) is 19.1 Å². The number of methoxy groups -OCH3 is 2. The Balaban J connectivity index is 1.79. The van der Waals surface area contributed by atoms with Gasteiger partial charge in [-0.05, 0) is 31.9 Å². The minimum absolute atomic E-state index is 0.0752. The molecule has 1 aliphatic heterocycles. The number of amides is 2. The Hall–Kier alpha value is -2.77. The molecule has 0 aromatic heterocycles. The van der Waals surface area contributed by atoms with Crippen molar-refractivity contribution < 1.29 is 28.6 Å². The second-order valence-electron chi connectivity index (χ2n) is 6.52. The van der Waals surface area contributed by atoms with Crippen molar-refractivity contribution in [2.24, 2.45) is 5.92 Å². The van der Waals surface area contributed by atoms with Crippen molar-refractivity contribution in [2.45, 2.75) is 32.6 Å². The molecular weight excluding hydrogens is 364 g/mol. The maximum absolute atomic E-state index is 12.4. The van der Waals surface area contributed by atoms with E-state index in [1.807, 2.05) is 0 Å². The zero-order valence-electron chi connectivity index (χ0n) is 16.7. The summed E-state index contributed by atoms with van der Waals surface area (Å²) in [4.78, 5) is 38.0. The van der Waals surface area contributed by atoms with Crippen LogP contribution in [0.3, 0.4) is 0 Å². The van der Waals surface area contributed by atoms with E-state index >= 15 is 0 Å². The lowest BCUT2D eigenvalue weighted by atomic mass is 9.96. The molecule has 28 heavy (non-hydrogen) atoms. The molecule has 1 fully saturated rings. The topological polar surface area (TPSA) is 94.2 Å². The molecule has 1 saturated heterocycles. The molecule has 0 aliphatic carbocycles. The molecule has 2 rings (SSSR count). The molecular formula is C20H28N2O6. The Labute approximate surface area is 165 Å². The van der Waals surface area contributed by atoms with Crippen molar-refractivity contribution in [2.75, 3.05) is 39.2 Å².